The van der Waals surface area contributed by atoms with Gasteiger partial charge >= 0.3 is 0 Å². The van der Waals surface area contributed by atoms with Crippen LogP contribution in [0.5, 0.6) is 0 Å². The number of amides is 2. The molecule has 2 amide bonds. The normalized spacial score (nSPS) is 11.0. The summed E-state index contributed by atoms with van der Waals surface area (Å²) < 4.78 is 0. The Labute approximate surface area is 149 Å². The van der Waals surface area contributed by atoms with Crippen molar-refractivity contribution in [3.8, 4) is 0 Å². The van der Waals surface area contributed by atoms with Crippen LogP contribution in [-0.2, 0) is 21.5 Å². The fourth-order valence-electron chi connectivity index (χ4n) is 2.56. The van der Waals surface area contributed by atoms with Crippen molar-refractivity contribution in [2.24, 2.45) is 0 Å². The van der Waals surface area contributed by atoms with Gasteiger partial charge in [-0.15, -0.1) is 0 Å². The first-order valence-electron chi connectivity index (χ1n) is 8.47. The number of hydrogen-bond acceptors (Lipinski definition) is 2. The van der Waals surface area contributed by atoms with E-state index >= 15 is 0 Å². The third-order valence-corrected chi connectivity index (χ3v) is 3.94. The van der Waals surface area contributed by atoms with Crippen molar-refractivity contribution in [1.29, 1.82) is 0 Å². The molecule has 132 valence electrons. The second kappa shape index (κ2) is 7.97. The van der Waals surface area contributed by atoms with Crippen LogP contribution in [-0.4, -0.2) is 11.8 Å². The largest absolute Gasteiger partial charge is 0.352 e. The molecule has 2 aromatic rings. The number of anilines is 1. The summed E-state index contributed by atoms with van der Waals surface area (Å²) in [5, 5.41) is 5.63. The molecule has 2 N–H and O–H groups in total. The number of rotatable bonds is 5. The zero-order chi connectivity index (χ0) is 18.4. The van der Waals surface area contributed by atoms with Gasteiger partial charge in [-0.3, -0.25) is 9.59 Å². The van der Waals surface area contributed by atoms with Gasteiger partial charge in [-0.2, -0.15) is 0 Å². The number of carbonyl (C=O) groups is 2. The molecule has 0 bridgehead atoms. The van der Waals surface area contributed by atoms with Crippen LogP contribution in [0.1, 0.15) is 43.9 Å². The molecule has 2 aromatic carbocycles. The molecule has 0 heterocycles. The summed E-state index contributed by atoms with van der Waals surface area (Å²) in [6.07, 6.45) is -0.190. The molecule has 0 fully saturated rings. The lowest BCUT2D eigenvalue weighted by atomic mass is 9.86. The summed E-state index contributed by atoms with van der Waals surface area (Å²) in [4.78, 5) is 24.2. The molecular formula is C21H26N2O2. The van der Waals surface area contributed by atoms with Crippen molar-refractivity contribution in [3.63, 3.8) is 0 Å². The van der Waals surface area contributed by atoms with Crippen molar-refractivity contribution < 1.29 is 9.59 Å². The van der Waals surface area contributed by atoms with Crippen molar-refractivity contribution in [2.45, 2.75) is 46.1 Å². The summed E-state index contributed by atoms with van der Waals surface area (Å²) >= 11 is 0. The van der Waals surface area contributed by atoms with E-state index in [0.29, 0.717) is 6.54 Å². The van der Waals surface area contributed by atoms with Crippen LogP contribution in [0, 0.1) is 6.92 Å². The highest BCUT2D eigenvalue weighted by Crippen LogP contribution is 2.29. The third kappa shape index (κ3) is 5.75. The lowest BCUT2D eigenvalue weighted by Crippen LogP contribution is -2.28. The van der Waals surface area contributed by atoms with Crippen LogP contribution in [0.25, 0.3) is 0 Å². The zero-order valence-electron chi connectivity index (χ0n) is 15.3. The van der Waals surface area contributed by atoms with Gasteiger partial charge in [0.15, 0.2) is 0 Å². The van der Waals surface area contributed by atoms with Crippen molar-refractivity contribution in [1.82, 2.24) is 5.32 Å². The van der Waals surface area contributed by atoms with Gasteiger partial charge in [0, 0.05) is 12.2 Å². The van der Waals surface area contributed by atoms with Crippen LogP contribution in [0.2, 0.25) is 0 Å². The number of benzene rings is 2. The first kappa shape index (κ1) is 18.7. The van der Waals surface area contributed by atoms with Crippen molar-refractivity contribution in [3.05, 3.63) is 65.2 Å². The molecule has 0 aliphatic carbocycles. The molecular weight excluding hydrogens is 312 g/mol. The third-order valence-electron chi connectivity index (χ3n) is 3.94. The number of hydrogen-bond donors (Lipinski definition) is 2. The highest BCUT2D eigenvalue weighted by atomic mass is 16.2. The minimum absolute atomic E-state index is 0.0857. The van der Waals surface area contributed by atoms with E-state index in [2.05, 4.69) is 31.4 Å². The topological polar surface area (TPSA) is 58.2 Å². The number of para-hydroxylation sites is 1. The molecule has 0 radical (unpaired) electrons. The minimum Gasteiger partial charge on any atom is -0.352 e. The van der Waals surface area contributed by atoms with Crippen LogP contribution in [0.3, 0.4) is 0 Å². The van der Waals surface area contributed by atoms with Crippen LogP contribution >= 0.6 is 0 Å². The molecule has 4 heteroatoms. The Kier molecular flexibility index (Phi) is 5.97. The molecule has 0 atom stereocenters. The Hall–Kier alpha value is -2.62. The van der Waals surface area contributed by atoms with Gasteiger partial charge in [0.05, 0.1) is 0 Å². The Balaban J connectivity index is 1.90. The van der Waals surface area contributed by atoms with Gasteiger partial charge in [-0.25, -0.2) is 0 Å². The Morgan fingerprint density at radius 3 is 2.20 bits per heavy atom. The smallest absolute Gasteiger partial charge is 0.233 e. The van der Waals surface area contributed by atoms with Gasteiger partial charge in [0.25, 0.3) is 0 Å². The molecule has 0 saturated carbocycles. The number of carbonyl (C=O) groups excluding carboxylic acids is 2. The molecule has 0 saturated heterocycles. The lowest BCUT2D eigenvalue weighted by Gasteiger charge is -2.22. The average molecular weight is 338 g/mol. The van der Waals surface area contributed by atoms with E-state index in [1.807, 2.05) is 55.5 Å². The van der Waals surface area contributed by atoms with E-state index in [9.17, 15) is 9.59 Å². The summed E-state index contributed by atoms with van der Waals surface area (Å²) in [5.74, 6) is -0.593. The SMILES string of the molecule is Cc1ccc(CNC(=O)CC(=O)Nc2ccccc2C(C)(C)C)cc1. The van der Waals surface area contributed by atoms with E-state index in [4.69, 9.17) is 0 Å². The molecule has 25 heavy (non-hydrogen) atoms. The van der Waals surface area contributed by atoms with Crippen molar-refractivity contribution in [2.75, 3.05) is 5.32 Å². The van der Waals surface area contributed by atoms with E-state index in [1.54, 1.807) is 0 Å². The quantitative estimate of drug-likeness (QED) is 0.811. The van der Waals surface area contributed by atoms with Crippen LogP contribution < -0.4 is 10.6 Å². The molecule has 2 rings (SSSR count). The Morgan fingerprint density at radius 2 is 1.56 bits per heavy atom. The van der Waals surface area contributed by atoms with Crippen molar-refractivity contribution >= 4 is 17.5 Å². The fourth-order valence-corrected chi connectivity index (χ4v) is 2.56. The Bertz CT molecular complexity index is 743. The molecule has 0 spiro atoms. The van der Waals surface area contributed by atoms with Crippen LogP contribution in [0.4, 0.5) is 5.69 Å². The summed E-state index contributed by atoms with van der Waals surface area (Å²) in [6.45, 7) is 8.71. The summed E-state index contributed by atoms with van der Waals surface area (Å²) in [5.41, 5.74) is 3.90. The first-order valence-corrected chi connectivity index (χ1v) is 8.47. The predicted octanol–water partition coefficient (Wildman–Crippen LogP) is 3.94. The standard InChI is InChI=1S/C21H26N2O2/c1-15-9-11-16(12-10-15)14-22-19(24)13-20(25)23-18-8-6-5-7-17(18)21(2,3)4/h5-12H,13-14H2,1-4H3,(H,22,24)(H,23,25). The van der Waals surface area contributed by atoms with Gasteiger partial charge in [0.1, 0.15) is 6.42 Å². The molecule has 0 aliphatic heterocycles. The molecule has 0 aliphatic rings. The van der Waals surface area contributed by atoms with Crippen LogP contribution in [0.15, 0.2) is 48.5 Å². The summed E-state index contributed by atoms with van der Waals surface area (Å²) in [7, 11) is 0. The van der Waals surface area contributed by atoms with E-state index in [0.717, 1.165) is 16.8 Å². The summed E-state index contributed by atoms with van der Waals surface area (Å²) in [6, 6.07) is 15.6. The number of nitrogens with one attached hydrogen (secondary N) is 2. The minimum atomic E-state index is -0.307. The van der Waals surface area contributed by atoms with E-state index in [-0.39, 0.29) is 23.7 Å². The van der Waals surface area contributed by atoms with E-state index < -0.39 is 0 Å². The second-order valence-electron chi connectivity index (χ2n) is 7.28. The van der Waals surface area contributed by atoms with Gasteiger partial charge in [-0.05, 0) is 29.5 Å². The molecule has 0 aromatic heterocycles. The highest BCUT2D eigenvalue weighted by molar-refractivity contribution is 6.03. The zero-order valence-corrected chi connectivity index (χ0v) is 15.3. The maximum atomic E-state index is 12.2. The fraction of sp³-hybridized carbons (Fsp3) is 0.333. The molecule has 0 unspecified atom stereocenters. The predicted molar refractivity (Wildman–Crippen MR) is 101 cm³/mol. The lowest BCUT2D eigenvalue weighted by molar-refractivity contribution is -0.126. The second-order valence-corrected chi connectivity index (χ2v) is 7.28. The van der Waals surface area contributed by atoms with Gasteiger partial charge in [-0.1, -0.05) is 68.8 Å². The average Bonchev–Trinajstić information content (AvgIpc) is 2.53. The number of aryl methyl sites for hydroxylation is 1. The first-order chi connectivity index (χ1) is 11.8. The Morgan fingerprint density at radius 1 is 0.920 bits per heavy atom. The highest BCUT2D eigenvalue weighted by Gasteiger charge is 2.19. The van der Waals surface area contributed by atoms with Gasteiger partial charge < -0.3 is 10.6 Å². The monoisotopic (exact) mass is 338 g/mol. The molecule has 4 nitrogen and oxygen atoms in total. The van der Waals surface area contributed by atoms with E-state index in [1.165, 1.54) is 5.56 Å². The van der Waals surface area contributed by atoms with Gasteiger partial charge in [0.2, 0.25) is 11.8 Å². The maximum Gasteiger partial charge on any atom is 0.233 e. The maximum absolute atomic E-state index is 12.2.